The summed E-state index contributed by atoms with van der Waals surface area (Å²) in [6.45, 7) is 12.7. The van der Waals surface area contributed by atoms with E-state index >= 15 is 0 Å². The molecular formula is C36H44O12. The van der Waals surface area contributed by atoms with Crippen LogP contribution in [0.15, 0.2) is 46.3 Å². The zero-order chi connectivity index (χ0) is 34.7. The summed E-state index contributed by atoms with van der Waals surface area (Å²) in [6.07, 6.45) is 3.14. The number of hydrogen-bond acceptors (Lipinski definition) is 12. The molecule has 4 heterocycles. The Morgan fingerprint density at radius 2 is 1.88 bits per heavy atom. The lowest BCUT2D eigenvalue weighted by Crippen LogP contribution is -2.92. The Labute approximate surface area is 278 Å². The van der Waals surface area contributed by atoms with Gasteiger partial charge in [0.05, 0.1) is 19.6 Å². The average molecular weight is 669 g/mol. The minimum Gasteiger partial charge on any atom is -0.472 e. The molecule has 1 aromatic rings. The number of esters is 3. The number of carbonyl (C=O) groups excluding carboxylic acids is 3. The van der Waals surface area contributed by atoms with Crippen LogP contribution in [0.2, 0.25) is 0 Å². The summed E-state index contributed by atoms with van der Waals surface area (Å²) in [5, 5.41) is 26.8. The smallest absolute Gasteiger partial charge is 0.333 e. The average Bonchev–Trinajstić information content (AvgIpc) is 3.83. The first-order valence-corrected chi connectivity index (χ1v) is 16.8. The maximum Gasteiger partial charge on any atom is 0.333 e. The molecule has 7 aliphatic rings. The van der Waals surface area contributed by atoms with Gasteiger partial charge in [0.25, 0.3) is 5.97 Å². The lowest BCUT2D eigenvalue weighted by atomic mass is 9.35. The highest BCUT2D eigenvalue weighted by atomic mass is 17.0. The van der Waals surface area contributed by atoms with E-state index in [0.29, 0.717) is 29.6 Å². The fraction of sp³-hybridized carbons (Fsp3) is 0.694. The van der Waals surface area contributed by atoms with E-state index in [-0.39, 0.29) is 12.8 Å². The van der Waals surface area contributed by atoms with Crippen LogP contribution in [0.5, 0.6) is 0 Å². The molecule has 0 radical (unpaired) electrons. The van der Waals surface area contributed by atoms with Gasteiger partial charge in [-0.1, -0.05) is 40.7 Å². The highest BCUT2D eigenvalue weighted by Crippen LogP contribution is 2.88. The van der Waals surface area contributed by atoms with E-state index < -0.39 is 92.7 Å². The minimum atomic E-state index is -2.28. The number of furan rings is 1. The quantitative estimate of drug-likeness (QED) is 0.257. The van der Waals surface area contributed by atoms with Crippen molar-refractivity contribution in [2.45, 2.75) is 121 Å². The van der Waals surface area contributed by atoms with Crippen LogP contribution in [0.3, 0.4) is 0 Å². The van der Waals surface area contributed by atoms with Crippen LogP contribution in [-0.2, 0) is 42.8 Å². The van der Waals surface area contributed by atoms with Crippen molar-refractivity contribution in [3.05, 3.63) is 47.5 Å². The molecule has 1 spiro atoms. The van der Waals surface area contributed by atoms with Crippen LogP contribution in [0.4, 0.5) is 0 Å². The van der Waals surface area contributed by atoms with Gasteiger partial charge in [0.15, 0.2) is 11.2 Å². The summed E-state index contributed by atoms with van der Waals surface area (Å²) < 4.78 is 44.0. The largest absolute Gasteiger partial charge is 0.472 e. The first kappa shape index (κ1) is 32.2. The van der Waals surface area contributed by atoms with Crippen LogP contribution < -0.4 is 0 Å². The summed E-state index contributed by atoms with van der Waals surface area (Å²) >= 11 is 0. The molecule has 0 unspecified atom stereocenters. The van der Waals surface area contributed by atoms with Crippen molar-refractivity contribution in [1.29, 1.82) is 0 Å². The lowest BCUT2D eigenvalue weighted by Gasteiger charge is -2.75. The second kappa shape index (κ2) is 9.19. The Bertz CT molecular complexity index is 1700. The van der Waals surface area contributed by atoms with E-state index in [2.05, 4.69) is 0 Å². The number of rotatable bonds is 6. The van der Waals surface area contributed by atoms with Gasteiger partial charge >= 0.3 is 17.9 Å². The van der Waals surface area contributed by atoms with Crippen molar-refractivity contribution >= 4 is 17.9 Å². The molecule has 12 atom stereocenters. The van der Waals surface area contributed by atoms with E-state index in [1.807, 2.05) is 34.6 Å². The molecule has 12 heteroatoms. The summed E-state index contributed by atoms with van der Waals surface area (Å²) in [5.41, 5.74) is -9.36. The van der Waals surface area contributed by atoms with Gasteiger partial charge in [-0.05, 0) is 50.7 Å². The molecular weight excluding hydrogens is 624 g/mol. The Hall–Kier alpha value is -3.03. The maximum atomic E-state index is 13.6. The third-order valence-electron chi connectivity index (χ3n) is 14.0. The van der Waals surface area contributed by atoms with Gasteiger partial charge in [0.1, 0.15) is 29.5 Å². The topological polar surface area (TPSA) is 160 Å². The number of ether oxygens (including phenoxy) is 6. The summed E-state index contributed by atoms with van der Waals surface area (Å²) in [4.78, 5) is 40.5. The third kappa shape index (κ3) is 3.03. The van der Waals surface area contributed by atoms with Crippen LogP contribution in [0, 0.1) is 28.1 Å². The van der Waals surface area contributed by atoms with Crippen LogP contribution in [0.25, 0.3) is 0 Å². The van der Waals surface area contributed by atoms with Gasteiger partial charge in [-0.25, -0.2) is 9.59 Å². The first-order chi connectivity index (χ1) is 22.4. The SMILES string of the molecule is CC=C(C)C(=O)O[C@H]1[C@]2(C)C[C@]3(O)[C@@]1(O)[C@H]1O[C@@]4(C(C)C)O[C@@]5(CC[C@]6(C)C(=CC(=O)O[C@H]6c6ccoc6)[C@@]15O4)[C@]3(C)[C@H]2CC(=O)OC. The summed E-state index contributed by atoms with van der Waals surface area (Å²) in [7, 11) is 1.30. The Morgan fingerprint density at radius 1 is 1.15 bits per heavy atom. The van der Waals surface area contributed by atoms with E-state index in [1.54, 1.807) is 26.0 Å². The predicted octanol–water partition coefficient (Wildman–Crippen LogP) is 3.80. The van der Waals surface area contributed by atoms with Gasteiger partial charge in [-0.15, -0.1) is 0 Å². The Morgan fingerprint density at radius 3 is 2.50 bits per heavy atom. The van der Waals surface area contributed by atoms with Crippen LogP contribution in [-0.4, -0.2) is 75.8 Å². The van der Waals surface area contributed by atoms with Crippen LogP contribution in [0.1, 0.15) is 85.8 Å². The van der Waals surface area contributed by atoms with E-state index in [4.69, 9.17) is 32.8 Å². The van der Waals surface area contributed by atoms with E-state index in [1.165, 1.54) is 25.7 Å². The molecule has 0 aromatic carbocycles. The van der Waals surface area contributed by atoms with Gasteiger partial charge in [-0.3, -0.25) is 4.79 Å². The summed E-state index contributed by atoms with van der Waals surface area (Å²) in [6, 6.07) is 1.75. The highest BCUT2D eigenvalue weighted by molar-refractivity contribution is 5.88. The molecule has 48 heavy (non-hydrogen) atoms. The summed E-state index contributed by atoms with van der Waals surface area (Å²) in [5.74, 6) is -4.68. The molecule has 260 valence electrons. The standard InChI is InChI=1S/C36H44O12/c1-9-19(4)26(39)45-27-30(6)17-32(40)31(7,21(30)14-23(37)42-8)33-12-11-29(5)22(15-24(38)44-25(29)20-10-13-43-16-20)35(33)28(34(27,32)41)46-36(47-33,48-35)18(2)3/h9-10,13,15-16,18,21,25,27-28,40-41H,11-12,14,17H2,1-8H3/t21-,25-,27-,28+,29+,30+,31+,32+,33-,34-,35+,36-/m0/s1. The number of aliphatic hydroxyl groups is 2. The molecule has 12 nitrogen and oxygen atoms in total. The normalized spacial score (nSPS) is 50.9. The fourth-order valence-corrected chi connectivity index (χ4v) is 11.7. The minimum absolute atomic E-state index is 0.0206. The third-order valence-corrected chi connectivity index (χ3v) is 14.0. The highest BCUT2D eigenvalue weighted by Gasteiger charge is 3.02. The lowest BCUT2D eigenvalue weighted by molar-refractivity contribution is -0.454. The predicted molar refractivity (Wildman–Crippen MR) is 163 cm³/mol. The number of hydrogen-bond donors (Lipinski definition) is 2. The molecule has 4 aliphatic carbocycles. The molecule has 6 fully saturated rings. The van der Waals surface area contributed by atoms with Crippen molar-refractivity contribution in [3.63, 3.8) is 0 Å². The van der Waals surface area contributed by atoms with Crippen molar-refractivity contribution < 1.29 is 57.4 Å². The number of allylic oxidation sites excluding steroid dienone is 1. The Kier molecular flexibility index (Phi) is 6.17. The first-order valence-electron chi connectivity index (χ1n) is 16.8. The molecule has 0 amide bonds. The van der Waals surface area contributed by atoms with Crippen molar-refractivity contribution in [1.82, 2.24) is 0 Å². The van der Waals surface area contributed by atoms with Gasteiger partial charge < -0.3 is 43.1 Å². The van der Waals surface area contributed by atoms with E-state index in [0.717, 1.165) is 0 Å². The molecule has 1 aromatic heterocycles. The molecule has 2 saturated heterocycles. The van der Waals surface area contributed by atoms with Crippen molar-refractivity contribution in [2.75, 3.05) is 7.11 Å². The molecule has 3 aliphatic heterocycles. The fourth-order valence-electron chi connectivity index (χ4n) is 11.7. The zero-order valence-electron chi connectivity index (χ0n) is 28.6. The number of carbonyl (C=O) groups is 3. The monoisotopic (exact) mass is 668 g/mol. The maximum absolute atomic E-state index is 13.6. The number of methoxy groups -OCH3 is 1. The second-order valence-electron chi connectivity index (χ2n) is 16.0. The zero-order valence-corrected chi connectivity index (χ0v) is 28.6. The molecule has 4 saturated carbocycles. The molecule has 8 rings (SSSR count). The van der Waals surface area contributed by atoms with E-state index in [9.17, 15) is 24.6 Å². The van der Waals surface area contributed by atoms with Crippen molar-refractivity contribution in [2.24, 2.45) is 28.1 Å². The molecule has 2 N–H and O–H groups in total. The van der Waals surface area contributed by atoms with Gasteiger partial charge in [0, 0.05) is 45.8 Å². The van der Waals surface area contributed by atoms with Crippen LogP contribution >= 0.6 is 0 Å². The van der Waals surface area contributed by atoms with Gasteiger partial charge in [0.2, 0.25) is 0 Å². The van der Waals surface area contributed by atoms with Crippen molar-refractivity contribution in [3.8, 4) is 0 Å². The number of cyclic esters (lactones) is 1. The second-order valence-corrected chi connectivity index (χ2v) is 16.0. The van der Waals surface area contributed by atoms with Gasteiger partial charge in [-0.2, -0.15) is 0 Å². The number of fused-ring (bicyclic) bond motifs is 4. The molecule has 4 bridgehead atoms. The Balaban J connectivity index is 1.44.